The highest BCUT2D eigenvalue weighted by Gasteiger charge is 2.09. The largest absolute Gasteiger partial charge is 0.466 e. The van der Waals surface area contributed by atoms with E-state index in [-0.39, 0.29) is 18.2 Å². The van der Waals surface area contributed by atoms with Crippen molar-refractivity contribution in [3.63, 3.8) is 0 Å². The number of esters is 1. The van der Waals surface area contributed by atoms with Crippen LogP contribution >= 0.6 is 0 Å². The molecule has 0 N–H and O–H groups in total. The first-order valence-electron chi connectivity index (χ1n) is 6.79. The molecule has 1 aromatic rings. The number of carbonyl (C=O) groups is 1. The Labute approximate surface area is 121 Å². The molecular weight excluding hydrogens is 271 g/mol. The minimum absolute atomic E-state index is 0.199. The van der Waals surface area contributed by atoms with E-state index in [1.165, 1.54) is 6.07 Å². The standard InChI is InChI=1S/C16H21FO2Si/c1-5-19-16(18)9-8-14-7-6-13(12-15(14)17)10-11-20(2,3)4/h6-7,12H,5,8-9H2,1-4H3. The molecule has 0 saturated carbocycles. The number of carbonyl (C=O) groups excluding carboxylic acids is 1. The highest BCUT2D eigenvalue weighted by molar-refractivity contribution is 6.83. The minimum atomic E-state index is -1.46. The van der Waals surface area contributed by atoms with Crippen LogP contribution in [0.2, 0.25) is 19.6 Å². The quantitative estimate of drug-likeness (QED) is 0.482. The van der Waals surface area contributed by atoms with Crippen molar-refractivity contribution in [3.8, 4) is 11.5 Å². The van der Waals surface area contributed by atoms with Crippen LogP contribution in [-0.2, 0) is 16.0 Å². The van der Waals surface area contributed by atoms with Crippen molar-refractivity contribution in [2.24, 2.45) is 0 Å². The summed E-state index contributed by atoms with van der Waals surface area (Å²) in [5.41, 5.74) is 4.41. The summed E-state index contributed by atoms with van der Waals surface area (Å²) in [7, 11) is -1.46. The van der Waals surface area contributed by atoms with Crippen LogP contribution in [0, 0.1) is 17.3 Å². The molecule has 4 heteroatoms. The molecule has 2 nitrogen and oxygen atoms in total. The smallest absolute Gasteiger partial charge is 0.306 e. The van der Waals surface area contributed by atoms with Gasteiger partial charge < -0.3 is 4.74 Å². The molecule has 1 aromatic carbocycles. The molecule has 0 spiro atoms. The molecule has 0 atom stereocenters. The Hall–Kier alpha value is -1.60. The number of hydrogen-bond donors (Lipinski definition) is 0. The van der Waals surface area contributed by atoms with Crippen LogP contribution in [0.1, 0.15) is 24.5 Å². The van der Waals surface area contributed by atoms with Crippen molar-refractivity contribution >= 4 is 14.0 Å². The Morgan fingerprint density at radius 2 is 2.05 bits per heavy atom. The highest BCUT2D eigenvalue weighted by Crippen LogP contribution is 2.12. The summed E-state index contributed by atoms with van der Waals surface area (Å²) in [6, 6.07) is 4.94. The maximum absolute atomic E-state index is 13.9. The average molecular weight is 292 g/mol. The van der Waals surface area contributed by atoms with Gasteiger partial charge in [-0.15, -0.1) is 5.54 Å². The van der Waals surface area contributed by atoms with Gasteiger partial charge in [-0.1, -0.05) is 31.6 Å². The monoisotopic (exact) mass is 292 g/mol. The fourth-order valence-electron chi connectivity index (χ4n) is 1.56. The van der Waals surface area contributed by atoms with Gasteiger partial charge in [-0.05, 0) is 31.0 Å². The van der Waals surface area contributed by atoms with Crippen LogP contribution in [0.25, 0.3) is 0 Å². The number of benzene rings is 1. The first-order valence-corrected chi connectivity index (χ1v) is 10.3. The van der Waals surface area contributed by atoms with E-state index >= 15 is 0 Å². The van der Waals surface area contributed by atoms with Gasteiger partial charge in [-0.3, -0.25) is 4.79 Å². The van der Waals surface area contributed by atoms with Gasteiger partial charge >= 0.3 is 5.97 Å². The summed E-state index contributed by atoms with van der Waals surface area (Å²) in [4.78, 5) is 11.2. The zero-order valence-corrected chi connectivity index (χ0v) is 13.5. The van der Waals surface area contributed by atoms with Gasteiger partial charge in [0.05, 0.1) is 6.61 Å². The van der Waals surface area contributed by atoms with E-state index in [9.17, 15) is 9.18 Å². The third-order valence-electron chi connectivity index (χ3n) is 2.54. The minimum Gasteiger partial charge on any atom is -0.466 e. The molecule has 0 fully saturated rings. The average Bonchev–Trinajstić information content (AvgIpc) is 2.34. The van der Waals surface area contributed by atoms with E-state index in [1.54, 1.807) is 19.1 Å². The van der Waals surface area contributed by atoms with E-state index in [4.69, 9.17) is 4.74 Å². The molecule has 1 rings (SSSR count). The summed E-state index contributed by atoms with van der Waals surface area (Å²) >= 11 is 0. The van der Waals surface area contributed by atoms with Crippen LogP contribution in [0.3, 0.4) is 0 Å². The van der Waals surface area contributed by atoms with Gasteiger partial charge in [0.1, 0.15) is 13.9 Å². The third kappa shape index (κ3) is 6.03. The maximum atomic E-state index is 13.9. The van der Waals surface area contributed by atoms with Crippen molar-refractivity contribution in [1.29, 1.82) is 0 Å². The summed E-state index contributed by atoms with van der Waals surface area (Å²) in [5, 5.41) is 0. The molecule has 0 aliphatic rings. The van der Waals surface area contributed by atoms with Gasteiger partial charge in [-0.25, -0.2) is 4.39 Å². The molecule has 0 bridgehead atoms. The summed E-state index contributed by atoms with van der Waals surface area (Å²) < 4.78 is 18.7. The number of aryl methyl sites for hydroxylation is 1. The van der Waals surface area contributed by atoms with Gasteiger partial charge in [0.2, 0.25) is 0 Å². The molecule has 0 saturated heterocycles. The zero-order valence-electron chi connectivity index (χ0n) is 12.5. The van der Waals surface area contributed by atoms with Crippen molar-refractivity contribution in [3.05, 3.63) is 35.1 Å². The lowest BCUT2D eigenvalue weighted by Crippen LogP contribution is -2.16. The highest BCUT2D eigenvalue weighted by atomic mass is 28.3. The van der Waals surface area contributed by atoms with Gasteiger partial charge in [0.25, 0.3) is 0 Å². The number of halogens is 1. The summed E-state index contributed by atoms with van der Waals surface area (Å²) in [6.45, 7) is 8.54. The molecule has 0 aliphatic carbocycles. The first kappa shape index (κ1) is 16.5. The first-order chi connectivity index (χ1) is 9.31. The van der Waals surface area contributed by atoms with E-state index in [0.29, 0.717) is 24.2 Å². The Kier molecular flexibility index (Phi) is 5.96. The zero-order chi connectivity index (χ0) is 15.2. The second-order valence-electron chi connectivity index (χ2n) is 5.61. The lowest BCUT2D eigenvalue weighted by Gasteiger charge is -2.05. The normalized spacial score (nSPS) is 10.7. The second-order valence-corrected chi connectivity index (χ2v) is 10.4. The molecule has 0 aromatic heterocycles. The molecule has 0 amide bonds. The predicted molar refractivity (Wildman–Crippen MR) is 81.6 cm³/mol. The molecule has 0 radical (unpaired) electrons. The number of ether oxygens (including phenoxy) is 1. The lowest BCUT2D eigenvalue weighted by molar-refractivity contribution is -0.143. The lowest BCUT2D eigenvalue weighted by atomic mass is 10.1. The van der Waals surface area contributed by atoms with Crippen molar-refractivity contribution in [2.75, 3.05) is 6.61 Å². The van der Waals surface area contributed by atoms with Crippen LogP contribution < -0.4 is 0 Å². The summed E-state index contributed by atoms with van der Waals surface area (Å²) in [5.74, 6) is 2.41. The molecule has 20 heavy (non-hydrogen) atoms. The third-order valence-corrected chi connectivity index (χ3v) is 3.41. The molecule has 108 valence electrons. The fourth-order valence-corrected chi connectivity index (χ4v) is 2.08. The SMILES string of the molecule is CCOC(=O)CCc1ccc(C#C[Si](C)(C)C)cc1F. The van der Waals surface area contributed by atoms with E-state index in [2.05, 4.69) is 31.1 Å². The second kappa shape index (κ2) is 7.25. The molecular formula is C16H21FO2Si. The molecule has 0 heterocycles. The van der Waals surface area contributed by atoms with Gasteiger partial charge in [0.15, 0.2) is 0 Å². The van der Waals surface area contributed by atoms with E-state index in [1.807, 2.05) is 0 Å². The van der Waals surface area contributed by atoms with Crippen molar-refractivity contribution in [1.82, 2.24) is 0 Å². The van der Waals surface area contributed by atoms with Gasteiger partial charge in [0, 0.05) is 12.0 Å². The van der Waals surface area contributed by atoms with Crippen LogP contribution in [-0.4, -0.2) is 20.7 Å². The predicted octanol–water partition coefficient (Wildman–Crippen LogP) is 3.55. The van der Waals surface area contributed by atoms with Crippen molar-refractivity contribution in [2.45, 2.75) is 39.4 Å². The fraction of sp³-hybridized carbons (Fsp3) is 0.438. The molecule has 0 unspecified atom stereocenters. The Balaban J connectivity index is 2.73. The Morgan fingerprint density at radius 1 is 1.35 bits per heavy atom. The topological polar surface area (TPSA) is 26.3 Å². The maximum Gasteiger partial charge on any atom is 0.306 e. The molecule has 0 aliphatic heterocycles. The Morgan fingerprint density at radius 3 is 2.60 bits per heavy atom. The van der Waals surface area contributed by atoms with Crippen molar-refractivity contribution < 1.29 is 13.9 Å². The van der Waals surface area contributed by atoms with Crippen LogP contribution in [0.15, 0.2) is 18.2 Å². The Bertz CT molecular complexity index is 536. The van der Waals surface area contributed by atoms with Crippen LogP contribution in [0.4, 0.5) is 4.39 Å². The van der Waals surface area contributed by atoms with Crippen LogP contribution in [0.5, 0.6) is 0 Å². The van der Waals surface area contributed by atoms with E-state index in [0.717, 1.165) is 0 Å². The number of rotatable bonds is 4. The number of hydrogen-bond acceptors (Lipinski definition) is 2. The summed E-state index contributed by atoms with van der Waals surface area (Å²) in [6.07, 6.45) is 0.553. The van der Waals surface area contributed by atoms with E-state index < -0.39 is 8.07 Å². The van der Waals surface area contributed by atoms with Gasteiger partial charge in [-0.2, -0.15) is 0 Å².